The Hall–Kier alpha value is -2.29. The number of furan rings is 1. The maximum absolute atomic E-state index is 12.3. The van der Waals surface area contributed by atoms with E-state index in [0.29, 0.717) is 5.58 Å². The van der Waals surface area contributed by atoms with Crippen molar-refractivity contribution in [2.75, 3.05) is 0 Å². The van der Waals surface area contributed by atoms with Crippen LogP contribution in [0.2, 0.25) is 0 Å². The third kappa shape index (κ3) is 0.984. The Morgan fingerprint density at radius 3 is 3.06 bits per heavy atom. The molecule has 2 aromatic heterocycles. The molecule has 0 unspecified atom stereocenters. The number of nitrogens with zero attached hydrogens (tertiary/aromatic N) is 1. The first-order valence-corrected chi connectivity index (χ1v) is 5.55. The van der Waals surface area contributed by atoms with Crippen LogP contribution in [-0.2, 0) is 6.54 Å². The fourth-order valence-corrected chi connectivity index (χ4v) is 2.54. The predicted molar refractivity (Wildman–Crippen MR) is 67.0 cm³/mol. The van der Waals surface area contributed by atoms with E-state index in [1.54, 1.807) is 6.26 Å². The summed E-state index contributed by atoms with van der Waals surface area (Å²) in [7, 11) is 0. The topological polar surface area (TPSA) is 35.1 Å². The summed E-state index contributed by atoms with van der Waals surface area (Å²) in [6, 6.07) is 7.66. The molecular weight excluding hydrogens is 214 g/mol. The molecule has 0 radical (unpaired) electrons. The van der Waals surface area contributed by atoms with Gasteiger partial charge in [-0.2, -0.15) is 0 Å². The minimum Gasteiger partial charge on any atom is -0.458 e. The smallest absolute Gasteiger partial charge is 0.232 e. The molecule has 1 aliphatic heterocycles. The summed E-state index contributed by atoms with van der Waals surface area (Å²) in [5, 5.41) is 0.719. The highest BCUT2D eigenvalue weighted by Crippen LogP contribution is 2.27. The first-order chi connectivity index (χ1) is 8.36. The van der Waals surface area contributed by atoms with Crippen molar-refractivity contribution < 1.29 is 4.42 Å². The number of hydrogen-bond acceptors (Lipinski definition) is 2. The molecule has 3 heterocycles. The first kappa shape index (κ1) is 8.82. The highest BCUT2D eigenvalue weighted by Gasteiger charge is 2.17. The Kier molecular flexibility index (Phi) is 1.50. The van der Waals surface area contributed by atoms with Crippen molar-refractivity contribution in [3.8, 4) is 0 Å². The minimum atomic E-state index is -0.0200. The van der Waals surface area contributed by atoms with Crippen molar-refractivity contribution >= 4 is 28.1 Å². The molecule has 4 rings (SSSR count). The highest BCUT2D eigenvalue weighted by atomic mass is 16.3. The van der Waals surface area contributed by atoms with Gasteiger partial charge in [0.1, 0.15) is 6.26 Å². The number of benzene rings is 1. The van der Waals surface area contributed by atoms with E-state index in [1.165, 1.54) is 0 Å². The summed E-state index contributed by atoms with van der Waals surface area (Å²) in [5.74, 6) is 0. The molecule has 17 heavy (non-hydrogen) atoms. The van der Waals surface area contributed by atoms with E-state index in [1.807, 2.05) is 30.3 Å². The zero-order valence-electron chi connectivity index (χ0n) is 9.01. The second-order valence-electron chi connectivity index (χ2n) is 4.23. The molecule has 0 bridgehead atoms. The molecule has 0 fully saturated rings. The van der Waals surface area contributed by atoms with Crippen LogP contribution in [0.1, 0.15) is 5.56 Å². The summed E-state index contributed by atoms with van der Waals surface area (Å²) in [5.41, 5.74) is 3.30. The lowest BCUT2D eigenvalue weighted by molar-refractivity contribution is 0.612. The SMILES string of the molecule is O=c1c2ccccc2n2c3c(coc13)C=CC2. The molecule has 1 aromatic carbocycles. The third-order valence-corrected chi connectivity index (χ3v) is 3.29. The van der Waals surface area contributed by atoms with Crippen LogP contribution in [0, 0.1) is 0 Å². The van der Waals surface area contributed by atoms with E-state index in [0.717, 1.165) is 28.5 Å². The normalized spacial score (nSPS) is 13.6. The average molecular weight is 223 g/mol. The molecular formula is C14H9NO2. The molecule has 3 nitrogen and oxygen atoms in total. The number of pyridine rings is 1. The lowest BCUT2D eigenvalue weighted by Gasteiger charge is -2.13. The molecule has 0 atom stereocenters. The van der Waals surface area contributed by atoms with Gasteiger partial charge in [0, 0.05) is 17.5 Å². The number of rotatable bonds is 0. The van der Waals surface area contributed by atoms with Crippen molar-refractivity contribution in [3.63, 3.8) is 0 Å². The van der Waals surface area contributed by atoms with Gasteiger partial charge < -0.3 is 8.98 Å². The number of aromatic nitrogens is 1. The van der Waals surface area contributed by atoms with Gasteiger partial charge in [-0.25, -0.2) is 0 Å². The highest BCUT2D eigenvalue weighted by molar-refractivity contribution is 5.95. The molecule has 0 spiro atoms. The Labute approximate surface area is 96.6 Å². The van der Waals surface area contributed by atoms with Crippen molar-refractivity contribution in [2.24, 2.45) is 0 Å². The molecule has 0 saturated heterocycles. The van der Waals surface area contributed by atoms with Gasteiger partial charge in [0.15, 0.2) is 5.58 Å². The lowest BCUT2D eigenvalue weighted by atomic mass is 10.1. The fourth-order valence-electron chi connectivity index (χ4n) is 2.54. The maximum atomic E-state index is 12.3. The molecule has 3 aromatic rings. The Balaban J connectivity index is 2.42. The van der Waals surface area contributed by atoms with E-state index >= 15 is 0 Å². The van der Waals surface area contributed by atoms with E-state index in [9.17, 15) is 4.79 Å². The Morgan fingerprint density at radius 1 is 1.24 bits per heavy atom. The summed E-state index contributed by atoms with van der Waals surface area (Å²) in [6.45, 7) is 0.782. The monoisotopic (exact) mass is 223 g/mol. The van der Waals surface area contributed by atoms with Crippen molar-refractivity contribution in [2.45, 2.75) is 6.54 Å². The van der Waals surface area contributed by atoms with Crippen LogP contribution in [0.25, 0.3) is 28.1 Å². The molecule has 0 N–H and O–H groups in total. The molecule has 3 heteroatoms. The van der Waals surface area contributed by atoms with Crippen molar-refractivity contribution in [1.82, 2.24) is 4.57 Å². The van der Waals surface area contributed by atoms with Crippen LogP contribution in [0.5, 0.6) is 0 Å². The Morgan fingerprint density at radius 2 is 2.12 bits per heavy atom. The van der Waals surface area contributed by atoms with E-state index in [4.69, 9.17) is 4.42 Å². The number of fused-ring (bicyclic) bond motifs is 2. The minimum absolute atomic E-state index is 0.0200. The van der Waals surface area contributed by atoms with Crippen LogP contribution < -0.4 is 5.43 Å². The second-order valence-corrected chi connectivity index (χ2v) is 4.23. The molecule has 0 aliphatic carbocycles. The van der Waals surface area contributed by atoms with Crippen molar-refractivity contribution in [1.29, 1.82) is 0 Å². The molecule has 0 amide bonds. The lowest BCUT2D eigenvalue weighted by Crippen LogP contribution is -2.11. The predicted octanol–water partition coefficient (Wildman–Crippen LogP) is 2.77. The quantitative estimate of drug-likeness (QED) is 0.587. The fraction of sp³-hybridized carbons (Fsp3) is 0.0714. The third-order valence-electron chi connectivity index (χ3n) is 3.29. The van der Waals surface area contributed by atoms with Crippen LogP contribution >= 0.6 is 0 Å². The van der Waals surface area contributed by atoms with E-state index in [2.05, 4.69) is 10.6 Å². The van der Waals surface area contributed by atoms with Gasteiger partial charge in [-0.05, 0) is 12.1 Å². The van der Waals surface area contributed by atoms with Gasteiger partial charge in [-0.3, -0.25) is 4.79 Å². The van der Waals surface area contributed by atoms with Crippen molar-refractivity contribution in [3.05, 3.63) is 52.4 Å². The van der Waals surface area contributed by atoms with Crippen LogP contribution in [0.3, 0.4) is 0 Å². The van der Waals surface area contributed by atoms with Crippen LogP contribution in [-0.4, -0.2) is 4.57 Å². The molecule has 82 valence electrons. The van der Waals surface area contributed by atoms with Crippen LogP contribution in [0.15, 0.2) is 45.8 Å². The second kappa shape index (κ2) is 2.88. The largest absolute Gasteiger partial charge is 0.458 e. The molecule has 0 saturated carbocycles. The van der Waals surface area contributed by atoms with Gasteiger partial charge in [-0.1, -0.05) is 24.3 Å². The zero-order chi connectivity index (χ0) is 11.4. The summed E-state index contributed by atoms with van der Waals surface area (Å²) >= 11 is 0. The van der Waals surface area contributed by atoms with Crippen LogP contribution in [0.4, 0.5) is 0 Å². The number of allylic oxidation sites excluding steroid dienone is 1. The standard InChI is InChI=1S/C14H9NO2/c16-13-10-5-1-2-6-11(10)15-7-3-4-9-8-17-14(13)12(9)15/h1-6,8H,7H2. The summed E-state index contributed by atoms with van der Waals surface area (Å²) in [4.78, 5) is 12.3. The van der Waals surface area contributed by atoms with Gasteiger partial charge in [0.25, 0.3) is 0 Å². The van der Waals surface area contributed by atoms with Gasteiger partial charge in [0.2, 0.25) is 5.43 Å². The van der Waals surface area contributed by atoms with Gasteiger partial charge in [0.05, 0.1) is 11.0 Å². The summed E-state index contributed by atoms with van der Waals surface area (Å²) in [6.07, 6.45) is 5.73. The number of para-hydroxylation sites is 1. The van der Waals surface area contributed by atoms with Gasteiger partial charge in [-0.15, -0.1) is 0 Å². The Bertz CT molecular complexity index is 836. The van der Waals surface area contributed by atoms with E-state index < -0.39 is 0 Å². The molecule has 1 aliphatic rings. The number of hydrogen-bond donors (Lipinski definition) is 0. The summed E-state index contributed by atoms with van der Waals surface area (Å²) < 4.78 is 7.54. The average Bonchev–Trinajstić information content (AvgIpc) is 2.81. The maximum Gasteiger partial charge on any atom is 0.232 e. The first-order valence-electron chi connectivity index (χ1n) is 5.55. The van der Waals surface area contributed by atoms with Gasteiger partial charge >= 0.3 is 0 Å². The zero-order valence-corrected chi connectivity index (χ0v) is 9.01. The van der Waals surface area contributed by atoms with E-state index in [-0.39, 0.29) is 5.43 Å².